The van der Waals surface area contributed by atoms with Gasteiger partial charge in [-0.1, -0.05) is 31.5 Å². The fourth-order valence-corrected chi connectivity index (χ4v) is 2.03. The highest BCUT2D eigenvalue weighted by molar-refractivity contribution is 5.50. The van der Waals surface area contributed by atoms with Gasteiger partial charge in [-0.3, -0.25) is 0 Å². The van der Waals surface area contributed by atoms with Gasteiger partial charge in [0.05, 0.1) is 11.4 Å². The summed E-state index contributed by atoms with van der Waals surface area (Å²) < 4.78 is 1.95. The summed E-state index contributed by atoms with van der Waals surface area (Å²) in [5.41, 5.74) is 3.26. The topological polar surface area (TPSA) is 34.9 Å². The molecule has 0 fully saturated rings. The molecule has 1 aromatic carbocycles. The zero-order valence-corrected chi connectivity index (χ0v) is 10.7. The van der Waals surface area contributed by atoms with Crippen molar-refractivity contribution in [3.63, 3.8) is 0 Å². The number of para-hydroxylation sites is 1. The number of aromatic nitrogens is 2. The summed E-state index contributed by atoms with van der Waals surface area (Å²) in [5, 5.41) is 4.62. The SMILES string of the molecule is CCCc1cc(CCC=O)n(-c2ccccc2)n1. The van der Waals surface area contributed by atoms with Crippen LogP contribution in [0.5, 0.6) is 0 Å². The van der Waals surface area contributed by atoms with Crippen LogP contribution >= 0.6 is 0 Å². The number of aldehydes is 1. The zero-order chi connectivity index (χ0) is 12.8. The van der Waals surface area contributed by atoms with E-state index in [0.717, 1.165) is 42.6 Å². The fourth-order valence-electron chi connectivity index (χ4n) is 2.03. The molecular weight excluding hydrogens is 224 g/mol. The average Bonchev–Trinajstić information content (AvgIpc) is 2.81. The number of hydrogen-bond acceptors (Lipinski definition) is 2. The van der Waals surface area contributed by atoms with E-state index < -0.39 is 0 Å². The second-order valence-electron chi connectivity index (χ2n) is 4.33. The van der Waals surface area contributed by atoms with E-state index in [1.54, 1.807) is 0 Å². The molecule has 0 amide bonds. The van der Waals surface area contributed by atoms with Crippen LogP contribution in [0.1, 0.15) is 31.2 Å². The summed E-state index contributed by atoms with van der Waals surface area (Å²) >= 11 is 0. The minimum atomic E-state index is 0.546. The third kappa shape index (κ3) is 2.86. The van der Waals surface area contributed by atoms with E-state index in [2.05, 4.69) is 18.1 Å². The van der Waals surface area contributed by atoms with Crippen LogP contribution in [0.2, 0.25) is 0 Å². The highest BCUT2D eigenvalue weighted by Crippen LogP contribution is 2.15. The van der Waals surface area contributed by atoms with Crippen LogP contribution in [-0.2, 0) is 17.6 Å². The Morgan fingerprint density at radius 3 is 2.67 bits per heavy atom. The van der Waals surface area contributed by atoms with Gasteiger partial charge in [0.25, 0.3) is 0 Å². The molecule has 0 saturated heterocycles. The maximum atomic E-state index is 10.5. The molecule has 0 saturated carbocycles. The van der Waals surface area contributed by atoms with Crippen molar-refractivity contribution in [1.82, 2.24) is 9.78 Å². The molecule has 1 heterocycles. The number of rotatable bonds is 6. The first-order chi connectivity index (χ1) is 8.85. The van der Waals surface area contributed by atoms with Crippen molar-refractivity contribution in [2.75, 3.05) is 0 Å². The largest absolute Gasteiger partial charge is 0.303 e. The van der Waals surface area contributed by atoms with Crippen LogP contribution in [0, 0.1) is 0 Å². The molecule has 0 N–H and O–H groups in total. The molecule has 2 rings (SSSR count). The van der Waals surface area contributed by atoms with Crippen LogP contribution in [0.25, 0.3) is 5.69 Å². The molecule has 0 bridgehead atoms. The van der Waals surface area contributed by atoms with Crippen LogP contribution in [-0.4, -0.2) is 16.1 Å². The molecule has 0 unspecified atom stereocenters. The number of benzene rings is 1. The van der Waals surface area contributed by atoms with Crippen molar-refractivity contribution < 1.29 is 4.79 Å². The van der Waals surface area contributed by atoms with E-state index in [-0.39, 0.29) is 0 Å². The maximum absolute atomic E-state index is 10.5. The van der Waals surface area contributed by atoms with E-state index in [1.807, 2.05) is 35.0 Å². The molecule has 94 valence electrons. The summed E-state index contributed by atoms with van der Waals surface area (Å²) in [6.45, 7) is 2.15. The van der Waals surface area contributed by atoms with Crippen molar-refractivity contribution >= 4 is 6.29 Å². The zero-order valence-electron chi connectivity index (χ0n) is 10.7. The quantitative estimate of drug-likeness (QED) is 0.730. The van der Waals surface area contributed by atoms with Gasteiger partial charge in [0.1, 0.15) is 6.29 Å². The lowest BCUT2D eigenvalue weighted by atomic mass is 10.2. The molecule has 2 aromatic rings. The third-order valence-electron chi connectivity index (χ3n) is 2.86. The molecule has 0 aliphatic heterocycles. The summed E-state index contributed by atoms with van der Waals surface area (Å²) in [4.78, 5) is 10.5. The van der Waals surface area contributed by atoms with E-state index >= 15 is 0 Å². The molecule has 18 heavy (non-hydrogen) atoms. The van der Waals surface area contributed by atoms with E-state index in [1.165, 1.54) is 0 Å². The molecule has 3 heteroatoms. The Labute approximate surface area is 107 Å². The Kier molecular flexibility index (Phi) is 4.29. The van der Waals surface area contributed by atoms with Crippen molar-refractivity contribution in [2.45, 2.75) is 32.6 Å². The summed E-state index contributed by atoms with van der Waals surface area (Å²) in [6.07, 6.45) is 4.31. The Bertz CT molecular complexity index is 502. The van der Waals surface area contributed by atoms with E-state index in [4.69, 9.17) is 0 Å². The predicted octanol–water partition coefficient (Wildman–Crippen LogP) is 2.96. The number of nitrogens with zero attached hydrogens (tertiary/aromatic N) is 2. The van der Waals surface area contributed by atoms with Crippen molar-refractivity contribution in [3.05, 3.63) is 47.8 Å². The fraction of sp³-hybridized carbons (Fsp3) is 0.333. The number of aryl methyl sites for hydroxylation is 2. The smallest absolute Gasteiger partial charge is 0.120 e. The lowest BCUT2D eigenvalue weighted by Gasteiger charge is -2.05. The van der Waals surface area contributed by atoms with Crippen molar-refractivity contribution in [2.24, 2.45) is 0 Å². The minimum Gasteiger partial charge on any atom is -0.303 e. The van der Waals surface area contributed by atoms with Crippen LogP contribution in [0.15, 0.2) is 36.4 Å². The lowest BCUT2D eigenvalue weighted by Crippen LogP contribution is -2.02. The Balaban J connectivity index is 2.34. The Hall–Kier alpha value is -1.90. The monoisotopic (exact) mass is 242 g/mol. The number of carbonyl (C=O) groups excluding carboxylic acids is 1. The molecule has 0 radical (unpaired) electrons. The maximum Gasteiger partial charge on any atom is 0.120 e. The Morgan fingerprint density at radius 1 is 1.22 bits per heavy atom. The minimum absolute atomic E-state index is 0.546. The van der Waals surface area contributed by atoms with E-state index in [9.17, 15) is 4.79 Å². The standard InChI is InChI=1S/C15H18N2O/c1-2-7-13-12-15(10-6-11-18)17(16-13)14-8-4-3-5-9-14/h3-5,8-9,11-12H,2,6-7,10H2,1H3. The number of hydrogen-bond donors (Lipinski definition) is 0. The van der Waals surface area contributed by atoms with Gasteiger partial charge in [0.2, 0.25) is 0 Å². The summed E-state index contributed by atoms with van der Waals surface area (Å²) in [7, 11) is 0. The second kappa shape index (κ2) is 6.15. The van der Waals surface area contributed by atoms with Gasteiger partial charge in [-0.05, 0) is 31.0 Å². The van der Waals surface area contributed by atoms with Gasteiger partial charge < -0.3 is 4.79 Å². The molecule has 0 aliphatic carbocycles. The lowest BCUT2D eigenvalue weighted by molar-refractivity contribution is -0.107. The first kappa shape index (κ1) is 12.6. The second-order valence-corrected chi connectivity index (χ2v) is 4.33. The van der Waals surface area contributed by atoms with Gasteiger partial charge in [0.15, 0.2) is 0 Å². The van der Waals surface area contributed by atoms with Gasteiger partial charge in [-0.15, -0.1) is 0 Å². The van der Waals surface area contributed by atoms with Gasteiger partial charge in [-0.25, -0.2) is 4.68 Å². The average molecular weight is 242 g/mol. The third-order valence-corrected chi connectivity index (χ3v) is 2.86. The predicted molar refractivity (Wildman–Crippen MR) is 71.9 cm³/mol. The highest BCUT2D eigenvalue weighted by Gasteiger charge is 2.08. The molecular formula is C15H18N2O. The number of carbonyl (C=O) groups is 1. The molecule has 1 aromatic heterocycles. The molecule has 0 aliphatic rings. The molecule has 3 nitrogen and oxygen atoms in total. The van der Waals surface area contributed by atoms with Crippen molar-refractivity contribution in [1.29, 1.82) is 0 Å². The summed E-state index contributed by atoms with van der Waals surface area (Å²) in [5.74, 6) is 0. The first-order valence-electron chi connectivity index (χ1n) is 6.42. The van der Waals surface area contributed by atoms with Crippen molar-refractivity contribution in [3.8, 4) is 5.69 Å². The normalized spacial score (nSPS) is 10.5. The van der Waals surface area contributed by atoms with Gasteiger partial charge in [0, 0.05) is 12.1 Å². The molecule has 0 spiro atoms. The van der Waals surface area contributed by atoms with Crippen LogP contribution in [0.4, 0.5) is 0 Å². The Morgan fingerprint density at radius 2 is 2.00 bits per heavy atom. The summed E-state index contributed by atoms with van der Waals surface area (Å²) in [6, 6.07) is 12.2. The van der Waals surface area contributed by atoms with Crippen LogP contribution < -0.4 is 0 Å². The molecule has 0 atom stereocenters. The highest BCUT2D eigenvalue weighted by atomic mass is 16.1. The van der Waals surface area contributed by atoms with Crippen LogP contribution in [0.3, 0.4) is 0 Å². The first-order valence-corrected chi connectivity index (χ1v) is 6.42. The van der Waals surface area contributed by atoms with Gasteiger partial charge >= 0.3 is 0 Å². The van der Waals surface area contributed by atoms with E-state index in [0.29, 0.717) is 6.42 Å². The van der Waals surface area contributed by atoms with Gasteiger partial charge in [-0.2, -0.15) is 5.10 Å².